The lowest BCUT2D eigenvalue weighted by Gasteiger charge is -2.36. The number of piperidine rings is 1. The van der Waals surface area contributed by atoms with Gasteiger partial charge in [-0.3, -0.25) is 9.59 Å². The Morgan fingerprint density at radius 3 is 2.47 bits per heavy atom. The van der Waals surface area contributed by atoms with Gasteiger partial charge in [0.1, 0.15) is 6.10 Å². The zero-order valence-electron chi connectivity index (χ0n) is 19.8. The Balaban J connectivity index is 1.13. The molecule has 2 N–H and O–H groups in total. The van der Waals surface area contributed by atoms with E-state index in [0.29, 0.717) is 37.5 Å². The molecule has 3 fully saturated rings. The van der Waals surface area contributed by atoms with Crippen LogP contribution in [0.4, 0.5) is 0 Å². The molecule has 1 spiro atoms. The SMILES string of the molecule is C[C@@H]1CC2(CCN(C(=O)c3ccc(C[C@@H]4CC[C@H]([C@H](O)c5ccccc5)N4)cc3)CC2)C(=O)O1. The third-order valence-corrected chi connectivity index (χ3v) is 7.91. The third kappa shape index (κ3) is 4.62. The zero-order valence-corrected chi connectivity index (χ0v) is 19.8. The summed E-state index contributed by atoms with van der Waals surface area (Å²) in [6.07, 6.45) is 4.45. The molecule has 3 heterocycles. The molecule has 0 bridgehead atoms. The summed E-state index contributed by atoms with van der Waals surface area (Å²) in [5.74, 6) is -0.0543. The average molecular weight is 463 g/mol. The Morgan fingerprint density at radius 2 is 1.82 bits per heavy atom. The van der Waals surface area contributed by atoms with E-state index in [-0.39, 0.29) is 29.4 Å². The lowest BCUT2D eigenvalue weighted by Crippen LogP contribution is -2.45. The van der Waals surface area contributed by atoms with Crippen molar-refractivity contribution in [2.75, 3.05) is 13.1 Å². The van der Waals surface area contributed by atoms with E-state index in [1.165, 1.54) is 5.56 Å². The number of carbonyl (C=O) groups excluding carboxylic acids is 2. The molecule has 3 saturated heterocycles. The molecule has 6 nitrogen and oxygen atoms in total. The molecular weight excluding hydrogens is 428 g/mol. The van der Waals surface area contributed by atoms with E-state index >= 15 is 0 Å². The minimum absolute atomic E-state index is 0.0199. The minimum Gasteiger partial charge on any atom is -0.462 e. The summed E-state index contributed by atoms with van der Waals surface area (Å²) in [6, 6.07) is 18.1. The van der Waals surface area contributed by atoms with Gasteiger partial charge < -0.3 is 20.1 Å². The number of hydrogen-bond acceptors (Lipinski definition) is 5. The molecule has 180 valence electrons. The monoisotopic (exact) mass is 462 g/mol. The van der Waals surface area contributed by atoms with Gasteiger partial charge in [-0.15, -0.1) is 0 Å². The maximum atomic E-state index is 13.0. The number of esters is 1. The van der Waals surface area contributed by atoms with E-state index in [4.69, 9.17) is 4.74 Å². The summed E-state index contributed by atoms with van der Waals surface area (Å²) < 4.78 is 5.38. The molecule has 2 aromatic rings. The number of cyclic esters (lactones) is 1. The Labute approximate surface area is 201 Å². The van der Waals surface area contributed by atoms with E-state index in [9.17, 15) is 14.7 Å². The lowest BCUT2D eigenvalue weighted by atomic mass is 9.76. The largest absolute Gasteiger partial charge is 0.462 e. The summed E-state index contributed by atoms with van der Waals surface area (Å²) in [4.78, 5) is 27.2. The number of ether oxygens (including phenoxy) is 1. The number of aliphatic hydroxyl groups excluding tert-OH is 1. The fourth-order valence-corrected chi connectivity index (χ4v) is 5.92. The second-order valence-corrected chi connectivity index (χ2v) is 10.3. The highest BCUT2D eigenvalue weighted by Gasteiger charge is 2.49. The first-order valence-electron chi connectivity index (χ1n) is 12.5. The van der Waals surface area contributed by atoms with Gasteiger partial charge in [0, 0.05) is 37.2 Å². The van der Waals surface area contributed by atoms with Crippen molar-refractivity contribution in [1.82, 2.24) is 10.2 Å². The number of aliphatic hydroxyl groups is 1. The van der Waals surface area contributed by atoms with Gasteiger partial charge in [0.2, 0.25) is 0 Å². The normalized spacial score (nSPS) is 27.1. The number of hydrogen-bond donors (Lipinski definition) is 2. The van der Waals surface area contributed by atoms with Gasteiger partial charge in [-0.1, -0.05) is 42.5 Å². The smallest absolute Gasteiger partial charge is 0.312 e. The zero-order chi connectivity index (χ0) is 23.7. The van der Waals surface area contributed by atoms with Gasteiger partial charge in [0.15, 0.2) is 0 Å². The fraction of sp³-hybridized carbons (Fsp3) is 0.500. The second-order valence-electron chi connectivity index (χ2n) is 10.3. The van der Waals surface area contributed by atoms with Crippen LogP contribution in [0.5, 0.6) is 0 Å². The molecule has 0 unspecified atom stereocenters. The summed E-state index contributed by atoms with van der Waals surface area (Å²) in [7, 11) is 0. The maximum Gasteiger partial charge on any atom is 0.312 e. The van der Waals surface area contributed by atoms with Crippen LogP contribution in [-0.4, -0.2) is 53.2 Å². The molecule has 3 aliphatic rings. The summed E-state index contributed by atoms with van der Waals surface area (Å²) in [6.45, 7) is 3.14. The Bertz CT molecular complexity index is 1010. The van der Waals surface area contributed by atoms with E-state index in [1.807, 2.05) is 66.4 Å². The highest BCUT2D eigenvalue weighted by molar-refractivity contribution is 5.94. The van der Waals surface area contributed by atoms with Crippen LogP contribution in [0, 0.1) is 5.41 Å². The molecule has 1 amide bonds. The molecule has 0 aromatic heterocycles. The van der Waals surface area contributed by atoms with E-state index < -0.39 is 6.10 Å². The van der Waals surface area contributed by atoms with E-state index in [0.717, 1.165) is 31.2 Å². The fourth-order valence-electron chi connectivity index (χ4n) is 5.92. The quantitative estimate of drug-likeness (QED) is 0.664. The van der Waals surface area contributed by atoms with Crippen molar-refractivity contribution in [3.8, 4) is 0 Å². The number of amides is 1. The summed E-state index contributed by atoms with van der Waals surface area (Å²) in [5.41, 5.74) is 2.44. The van der Waals surface area contributed by atoms with Gasteiger partial charge in [-0.25, -0.2) is 0 Å². The van der Waals surface area contributed by atoms with Crippen LogP contribution < -0.4 is 5.32 Å². The molecular formula is C28H34N2O4. The standard InChI is InChI=1S/C28H34N2O4/c1-19-18-28(27(33)34-19)13-15-30(16-14-28)26(32)22-9-7-20(8-10-22)17-23-11-12-24(29-23)25(31)21-5-3-2-4-6-21/h2-10,19,23-25,29,31H,11-18H2,1H3/t19-,23+,24-,25-/m1/s1. The molecule has 0 saturated carbocycles. The lowest BCUT2D eigenvalue weighted by molar-refractivity contribution is -0.150. The molecule has 0 radical (unpaired) electrons. The number of benzene rings is 2. The van der Waals surface area contributed by atoms with Crippen molar-refractivity contribution in [3.05, 3.63) is 71.3 Å². The number of rotatable bonds is 5. The maximum absolute atomic E-state index is 13.0. The third-order valence-electron chi connectivity index (χ3n) is 7.91. The first-order chi connectivity index (χ1) is 16.4. The van der Waals surface area contributed by atoms with Crippen LogP contribution in [0.15, 0.2) is 54.6 Å². The predicted octanol–water partition coefficient (Wildman–Crippen LogP) is 3.64. The second kappa shape index (κ2) is 9.51. The molecule has 2 aromatic carbocycles. The molecule has 4 atom stereocenters. The van der Waals surface area contributed by atoms with Crippen LogP contribution in [0.2, 0.25) is 0 Å². The molecule has 6 heteroatoms. The van der Waals surface area contributed by atoms with Gasteiger partial charge >= 0.3 is 5.97 Å². The number of nitrogens with zero attached hydrogens (tertiary/aromatic N) is 1. The number of carbonyl (C=O) groups is 2. The van der Waals surface area contributed by atoms with Gasteiger partial charge in [0.05, 0.1) is 11.5 Å². The van der Waals surface area contributed by atoms with Crippen LogP contribution in [-0.2, 0) is 16.0 Å². The van der Waals surface area contributed by atoms with Gasteiger partial charge in [0.25, 0.3) is 5.91 Å². The summed E-state index contributed by atoms with van der Waals surface area (Å²) >= 11 is 0. The Hall–Kier alpha value is -2.70. The van der Waals surface area contributed by atoms with Crippen molar-refractivity contribution >= 4 is 11.9 Å². The Morgan fingerprint density at radius 1 is 1.12 bits per heavy atom. The van der Waals surface area contributed by atoms with E-state index in [2.05, 4.69) is 5.32 Å². The van der Waals surface area contributed by atoms with Crippen LogP contribution in [0.3, 0.4) is 0 Å². The highest BCUT2D eigenvalue weighted by Crippen LogP contribution is 2.43. The first-order valence-corrected chi connectivity index (χ1v) is 12.5. The highest BCUT2D eigenvalue weighted by atomic mass is 16.6. The van der Waals surface area contributed by atoms with Crippen molar-refractivity contribution < 1.29 is 19.4 Å². The van der Waals surface area contributed by atoms with Crippen molar-refractivity contribution in [3.63, 3.8) is 0 Å². The molecule has 3 aliphatic heterocycles. The Kier molecular flexibility index (Phi) is 6.45. The van der Waals surface area contributed by atoms with Crippen LogP contribution >= 0.6 is 0 Å². The minimum atomic E-state index is -0.496. The number of likely N-dealkylation sites (tertiary alicyclic amines) is 1. The van der Waals surface area contributed by atoms with Gasteiger partial charge in [-0.2, -0.15) is 0 Å². The van der Waals surface area contributed by atoms with Crippen LogP contribution in [0.1, 0.15) is 66.6 Å². The van der Waals surface area contributed by atoms with Crippen molar-refractivity contribution in [2.24, 2.45) is 5.41 Å². The molecule has 34 heavy (non-hydrogen) atoms. The summed E-state index contributed by atoms with van der Waals surface area (Å²) in [5, 5.41) is 14.3. The molecule has 0 aliphatic carbocycles. The average Bonchev–Trinajstić information content (AvgIpc) is 3.43. The topological polar surface area (TPSA) is 78.9 Å². The predicted molar refractivity (Wildman–Crippen MR) is 129 cm³/mol. The van der Waals surface area contributed by atoms with Crippen molar-refractivity contribution in [1.29, 1.82) is 0 Å². The van der Waals surface area contributed by atoms with Gasteiger partial charge in [-0.05, 0) is 62.3 Å². The van der Waals surface area contributed by atoms with Crippen molar-refractivity contribution in [2.45, 2.75) is 69.7 Å². The first kappa shape index (κ1) is 23.1. The van der Waals surface area contributed by atoms with Crippen LogP contribution in [0.25, 0.3) is 0 Å². The number of nitrogens with one attached hydrogen (secondary N) is 1. The molecule has 5 rings (SSSR count). The van der Waals surface area contributed by atoms with E-state index in [1.54, 1.807) is 0 Å².